The van der Waals surface area contributed by atoms with Crippen molar-refractivity contribution in [2.75, 3.05) is 11.9 Å². The molecule has 1 aliphatic heterocycles. The predicted molar refractivity (Wildman–Crippen MR) is 100 cm³/mol. The molecule has 4 rings (SSSR count). The summed E-state index contributed by atoms with van der Waals surface area (Å²) in [5, 5.41) is 12.1. The molecule has 0 saturated carbocycles. The summed E-state index contributed by atoms with van der Waals surface area (Å²) in [7, 11) is 0. The Labute approximate surface area is 165 Å². The van der Waals surface area contributed by atoms with Gasteiger partial charge in [-0.15, -0.1) is 0 Å². The molecule has 3 atom stereocenters. The van der Waals surface area contributed by atoms with Gasteiger partial charge in [-0.3, -0.25) is 0 Å². The lowest BCUT2D eigenvalue weighted by atomic mass is 9.75. The first kappa shape index (κ1) is 18.7. The average Bonchev–Trinajstić information content (AvgIpc) is 3.15. The maximum atomic E-state index is 13.6. The highest BCUT2D eigenvalue weighted by molar-refractivity contribution is 6.33. The van der Waals surface area contributed by atoms with Crippen LogP contribution in [0.1, 0.15) is 35.1 Å². The molecule has 0 aromatic heterocycles. The zero-order valence-electron chi connectivity index (χ0n) is 14.6. The first-order chi connectivity index (χ1) is 13.4. The Hall–Kier alpha value is -2.65. The number of alkyl halides is 3. The van der Waals surface area contributed by atoms with E-state index in [0.29, 0.717) is 17.9 Å². The van der Waals surface area contributed by atoms with Crippen molar-refractivity contribution in [1.29, 1.82) is 5.26 Å². The second kappa shape index (κ2) is 7.06. The second-order valence-corrected chi connectivity index (χ2v) is 7.28. The third-order valence-electron chi connectivity index (χ3n) is 5.32. The summed E-state index contributed by atoms with van der Waals surface area (Å²) in [4.78, 5) is 0. The number of benzene rings is 2. The van der Waals surface area contributed by atoms with Crippen molar-refractivity contribution in [1.82, 2.24) is 0 Å². The van der Waals surface area contributed by atoms with Gasteiger partial charge in [-0.2, -0.15) is 18.4 Å². The molecular weight excluding hydrogens is 389 g/mol. The fourth-order valence-electron chi connectivity index (χ4n) is 4.14. The molecule has 2 aliphatic rings. The van der Waals surface area contributed by atoms with E-state index in [0.717, 1.165) is 11.6 Å². The molecule has 144 valence electrons. The van der Waals surface area contributed by atoms with Crippen molar-refractivity contribution in [2.24, 2.45) is 5.92 Å². The van der Waals surface area contributed by atoms with Crippen LogP contribution in [0.25, 0.3) is 0 Å². The Kier molecular flexibility index (Phi) is 4.72. The monoisotopic (exact) mass is 404 g/mol. The van der Waals surface area contributed by atoms with Gasteiger partial charge in [0.2, 0.25) is 0 Å². The first-order valence-electron chi connectivity index (χ1n) is 8.82. The molecule has 3 nitrogen and oxygen atoms in total. The number of rotatable bonds is 3. The smallest absolute Gasteiger partial charge is 0.416 e. The van der Waals surface area contributed by atoms with Crippen molar-refractivity contribution in [2.45, 2.75) is 24.6 Å². The summed E-state index contributed by atoms with van der Waals surface area (Å²) < 4.78 is 46.1. The van der Waals surface area contributed by atoms with Gasteiger partial charge in [0.25, 0.3) is 0 Å². The maximum Gasteiger partial charge on any atom is 0.416 e. The summed E-state index contributed by atoms with van der Waals surface area (Å²) in [5.74, 6) is 0.170. The van der Waals surface area contributed by atoms with E-state index in [4.69, 9.17) is 21.6 Å². The average molecular weight is 405 g/mol. The third-order valence-corrected chi connectivity index (χ3v) is 5.63. The molecule has 1 N–H and O–H groups in total. The minimum absolute atomic E-state index is 0.0428. The summed E-state index contributed by atoms with van der Waals surface area (Å²) in [6, 6.07) is 11.3. The van der Waals surface area contributed by atoms with E-state index < -0.39 is 11.7 Å². The number of anilines is 1. The number of halogens is 4. The highest BCUT2D eigenvalue weighted by atomic mass is 35.5. The highest BCUT2D eigenvalue weighted by Crippen LogP contribution is 2.54. The Morgan fingerprint density at radius 1 is 1.18 bits per heavy atom. The molecule has 0 amide bonds. The highest BCUT2D eigenvalue weighted by Gasteiger charge is 2.44. The van der Waals surface area contributed by atoms with Crippen LogP contribution < -0.4 is 10.1 Å². The fourth-order valence-corrected chi connectivity index (χ4v) is 4.36. The van der Waals surface area contributed by atoms with Gasteiger partial charge in [0.1, 0.15) is 11.8 Å². The van der Waals surface area contributed by atoms with Gasteiger partial charge in [-0.1, -0.05) is 35.9 Å². The maximum absolute atomic E-state index is 13.6. The molecule has 2 aromatic carbocycles. The van der Waals surface area contributed by atoms with Crippen molar-refractivity contribution >= 4 is 17.3 Å². The van der Waals surface area contributed by atoms with Gasteiger partial charge < -0.3 is 10.1 Å². The predicted octanol–water partition coefficient (Wildman–Crippen LogP) is 6.09. The molecule has 2 aromatic rings. The molecule has 0 fully saturated rings. The van der Waals surface area contributed by atoms with Crippen LogP contribution in [0, 0.1) is 17.2 Å². The standard InChI is InChI=1S/C21H16ClF3N2O/c22-17-9-8-16(21(23,24)25)18-14-2-1-3-15(14)19(27-20(17)18)12-4-6-13(7-5-12)28-11-10-26/h1-2,4-9,14-15,19,27H,3,11H2/t14-,15-,19-/m0/s1. The zero-order valence-corrected chi connectivity index (χ0v) is 15.4. The molecule has 28 heavy (non-hydrogen) atoms. The van der Waals surface area contributed by atoms with Crippen LogP contribution in [0.2, 0.25) is 5.02 Å². The molecular formula is C21H16ClF3N2O. The first-order valence-corrected chi connectivity index (χ1v) is 9.20. The van der Waals surface area contributed by atoms with Crippen LogP contribution in [0.3, 0.4) is 0 Å². The van der Waals surface area contributed by atoms with E-state index >= 15 is 0 Å². The molecule has 1 aliphatic carbocycles. The molecule has 0 unspecified atom stereocenters. The molecule has 0 bridgehead atoms. The zero-order chi connectivity index (χ0) is 19.9. The fraction of sp³-hybridized carbons (Fsp3) is 0.286. The van der Waals surface area contributed by atoms with Gasteiger partial charge in [0.15, 0.2) is 6.61 Å². The lowest BCUT2D eigenvalue weighted by molar-refractivity contribution is -0.138. The van der Waals surface area contributed by atoms with Gasteiger partial charge in [0, 0.05) is 5.92 Å². The van der Waals surface area contributed by atoms with Crippen LogP contribution in [0.4, 0.5) is 18.9 Å². The van der Waals surface area contributed by atoms with E-state index in [9.17, 15) is 13.2 Å². The summed E-state index contributed by atoms with van der Waals surface area (Å²) in [5.41, 5.74) is 0.866. The lowest BCUT2D eigenvalue weighted by Gasteiger charge is -2.39. The third kappa shape index (κ3) is 3.20. The van der Waals surface area contributed by atoms with Crippen LogP contribution in [0.15, 0.2) is 48.6 Å². The summed E-state index contributed by atoms with van der Waals surface area (Å²) >= 11 is 6.29. The van der Waals surface area contributed by atoms with Crippen LogP contribution in [-0.2, 0) is 6.18 Å². The van der Waals surface area contributed by atoms with E-state index in [1.165, 1.54) is 6.07 Å². The topological polar surface area (TPSA) is 45.0 Å². The Bertz CT molecular complexity index is 963. The minimum Gasteiger partial charge on any atom is -0.479 e. The van der Waals surface area contributed by atoms with Gasteiger partial charge in [-0.25, -0.2) is 0 Å². The number of hydrogen-bond donors (Lipinski definition) is 1. The van der Waals surface area contributed by atoms with E-state index in [1.54, 1.807) is 12.1 Å². The number of fused-ring (bicyclic) bond motifs is 3. The minimum atomic E-state index is -4.44. The molecule has 0 saturated heterocycles. The van der Waals surface area contributed by atoms with Crippen LogP contribution >= 0.6 is 11.6 Å². The van der Waals surface area contributed by atoms with Crippen LogP contribution in [0.5, 0.6) is 5.75 Å². The van der Waals surface area contributed by atoms with Crippen LogP contribution in [-0.4, -0.2) is 6.61 Å². The Balaban J connectivity index is 1.74. The molecule has 0 radical (unpaired) electrons. The quantitative estimate of drug-likeness (QED) is 0.630. The van der Waals surface area contributed by atoms with Gasteiger partial charge in [0.05, 0.1) is 22.3 Å². The number of ether oxygens (including phenoxy) is 1. The molecule has 0 spiro atoms. The lowest BCUT2D eigenvalue weighted by Crippen LogP contribution is -2.31. The largest absolute Gasteiger partial charge is 0.479 e. The van der Waals surface area contributed by atoms with Crippen molar-refractivity contribution in [3.05, 3.63) is 70.3 Å². The molecule has 7 heteroatoms. The number of nitrogens with zero attached hydrogens (tertiary/aromatic N) is 1. The SMILES string of the molecule is N#CCOc1ccc([C@@H]2Nc3c(Cl)ccc(C(F)(F)F)c3[C@H]3C=CC[C@@H]32)cc1. The molecule has 1 heterocycles. The summed E-state index contributed by atoms with van der Waals surface area (Å²) in [6.45, 7) is -0.0428. The van der Waals surface area contributed by atoms with Gasteiger partial charge >= 0.3 is 6.18 Å². The number of nitriles is 1. The Morgan fingerprint density at radius 3 is 2.61 bits per heavy atom. The summed E-state index contributed by atoms with van der Waals surface area (Å²) in [6.07, 6.45) is 0.0278. The second-order valence-electron chi connectivity index (χ2n) is 6.87. The van der Waals surface area contributed by atoms with Gasteiger partial charge in [-0.05, 0) is 47.7 Å². The number of hydrogen-bond acceptors (Lipinski definition) is 3. The van der Waals surface area contributed by atoms with E-state index in [-0.39, 0.29) is 35.1 Å². The van der Waals surface area contributed by atoms with E-state index in [1.807, 2.05) is 30.4 Å². The van der Waals surface area contributed by atoms with Crippen molar-refractivity contribution < 1.29 is 17.9 Å². The Morgan fingerprint density at radius 2 is 1.93 bits per heavy atom. The van der Waals surface area contributed by atoms with E-state index in [2.05, 4.69) is 5.32 Å². The van der Waals surface area contributed by atoms with Crippen molar-refractivity contribution in [3.8, 4) is 11.8 Å². The van der Waals surface area contributed by atoms with Crippen molar-refractivity contribution in [3.63, 3.8) is 0 Å². The normalized spacial score (nSPS) is 22.8. The number of nitrogens with one attached hydrogen (secondary N) is 1. The number of allylic oxidation sites excluding steroid dienone is 2.